The molecule has 1 fully saturated rings. The summed E-state index contributed by atoms with van der Waals surface area (Å²) in [6.07, 6.45) is 4.08. The Morgan fingerprint density at radius 1 is 0.889 bits per heavy atom. The minimum absolute atomic E-state index is 0.755. The number of benzene rings is 2. The molecule has 0 amide bonds. The van der Waals surface area contributed by atoms with Crippen molar-refractivity contribution in [3.63, 3.8) is 0 Å². The average Bonchev–Trinajstić information content (AvgIpc) is 2.38. The van der Waals surface area contributed by atoms with Crippen molar-refractivity contribution < 1.29 is 0 Å². The predicted molar refractivity (Wildman–Crippen MR) is 76.4 cm³/mol. The van der Waals surface area contributed by atoms with Gasteiger partial charge in [-0.25, -0.2) is 0 Å². The van der Waals surface area contributed by atoms with E-state index >= 15 is 0 Å². The van der Waals surface area contributed by atoms with E-state index in [1.807, 2.05) is 0 Å². The van der Waals surface area contributed by atoms with E-state index in [2.05, 4.69) is 59.9 Å². The lowest BCUT2D eigenvalue weighted by molar-refractivity contribution is 0.338. The lowest BCUT2D eigenvalue weighted by atomic mass is 9.93. The minimum atomic E-state index is 0.755. The molecule has 1 heteroatoms. The molecule has 0 aliphatic heterocycles. The molecule has 0 atom stereocenters. The van der Waals surface area contributed by atoms with Gasteiger partial charge in [0.25, 0.3) is 0 Å². The molecule has 1 saturated carbocycles. The summed E-state index contributed by atoms with van der Waals surface area (Å²) >= 11 is 0. The van der Waals surface area contributed by atoms with Crippen molar-refractivity contribution in [1.82, 2.24) is 5.32 Å². The van der Waals surface area contributed by atoms with Gasteiger partial charge >= 0.3 is 0 Å². The van der Waals surface area contributed by atoms with Crippen LogP contribution in [-0.2, 0) is 6.54 Å². The fraction of sp³-hybridized carbons (Fsp3) is 0.294. The van der Waals surface area contributed by atoms with Crippen molar-refractivity contribution >= 4 is 0 Å². The molecule has 0 radical (unpaired) electrons. The Bertz CT molecular complexity index is 500. The van der Waals surface area contributed by atoms with Gasteiger partial charge in [0.15, 0.2) is 0 Å². The Balaban J connectivity index is 1.72. The lowest BCUT2D eigenvalue weighted by Crippen LogP contribution is -2.34. The van der Waals surface area contributed by atoms with E-state index in [4.69, 9.17) is 0 Å². The van der Waals surface area contributed by atoms with Crippen molar-refractivity contribution in [2.75, 3.05) is 0 Å². The molecule has 0 bridgehead atoms. The van der Waals surface area contributed by atoms with E-state index in [1.165, 1.54) is 36.0 Å². The van der Waals surface area contributed by atoms with Crippen molar-refractivity contribution in [3.8, 4) is 11.1 Å². The number of rotatable bonds is 4. The summed E-state index contributed by atoms with van der Waals surface area (Å²) in [5.74, 6) is 0. The molecule has 1 aliphatic rings. The van der Waals surface area contributed by atoms with Crippen LogP contribution in [-0.4, -0.2) is 6.04 Å². The molecule has 1 aliphatic carbocycles. The third kappa shape index (κ3) is 2.62. The molecule has 0 aromatic heterocycles. The standard InChI is InChI=1S/C17H19N/c1-2-7-15(8-3-1)16-9-4-6-14(12-16)13-18-17-10-5-11-17/h1-4,6-9,12,17-18H,5,10-11,13H2. The van der Waals surface area contributed by atoms with E-state index in [0.717, 1.165) is 12.6 Å². The molecule has 3 rings (SSSR count). The van der Waals surface area contributed by atoms with Crippen LogP contribution in [0.2, 0.25) is 0 Å². The van der Waals surface area contributed by atoms with Crippen LogP contribution >= 0.6 is 0 Å². The fourth-order valence-electron chi connectivity index (χ4n) is 2.37. The van der Waals surface area contributed by atoms with Crippen molar-refractivity contribution in [2.45, 2.75) is 31.8 Å². The molecule has 0 unspecified atom stereocenters. The van der Waals surface area contributed by atoms with Crippen molar-refractivity contribution in [2.24, 2.45) is 0 Å². The largest absolute Gasteiger partial charge is 0.310 e. The summed E-state index contributed by atoms with van der Waals surface area (Å²) in [6, 6.07) is 20.2. The SMILES string of the molecule is c1ccc(-c2cccc(CNC3CCC3)c2)cc1. The van der Waals surface area contributed by atoms with E-state index in [1.54, 1.807) is 0 Å². The van der Waals surface area contributed by atoms with Gasteiger partial charge in [0, 0.05) is 12.6 Å². The smallest absolute Gasteiger partial charge is 0.0208 e. The van der Waals surface area contributed by atoms with E-state index in [0.29, 0.717) is 0 Å². The molecular formula is C17H19N. The second-order valence-electron chi connectivity index (χ2n) is 5.08. The highest BCUT2D eigenvalue weighted by Gasteiger charge is 2.15. The number of hydrogen-bond acceptors (Lipinski definition) is 1. The van der Waals surface area contributed by atoms with Gasteiger partial charge in [0.1, 0.15) is 0 Å². The molecular weight excluding hydrogens is 218 g/mol. The quantitative estimate of drug-likeness (QED) is 0.847. The van der Waals surface area contributed by atoms with Crippen LogP contribution in [0.3, 0.4) is 0 Å². The van der Waals surface area contributed by atoms with Gasteiger partial charge in [0.05, 0.1) is 0 Å². The number of nitrogens with one attached hydrogen (secondary N) is 1. The number of hydrogen-bond donors (Lipinski definition) is 1. The molecule has 92 valence electrons. The first-order chi connectivity index (χ1) is 8.92. The first kappa shape index (κ1) is 11.5. The van der Waals surface area contributed by atoms with Gasteiger partial charge in [-0.1, -0.05) is 55.0 Å². The summed E-state index contributed by atoms with van der Waals surface area (Å²) in [6.45, 7) is 0.991. The fourth-order valence-corrected chi connectivity index (χ4v) is 2.37. The van der Waals surface area contributed by atoms with Crippen molar-refractivity contribution in [3.05, 3.63) is 60.2 Å². The second kappa shape index (κ2) is 5.36. The summed E-state index contributed by atoms with van der Waals surface area (Å²) < 4.78 is 0. The maximum atomic E-state index is 3.61. The zero-order valence-electron chi connectivity index (χ0n) is 10.6. The average molecular weight is 237 g/mol. The summed E-state index contributed by atoms with van der Waals surface area (Å²) in [5, 5.41) is 3.61. The Morgan fingerprint density at radius 2 is 1.67 bits per heavy atom. The minimum Gasteiger partial charge on any atom is -0.310 e. The monoisotopic (exact) mass is 237 g/mol. The van der Waals surface area contributed by atoms with Crippen LogP contribution in [0.5, 0.6) is 0 Å². The molecule has 0 saturated heterocycles. The summed E-state index contributed by atoms with van der Waals surface area (Å²) in [4.78, 5) is 0. The molecule has 2 aromatic carbocycles. The van der Waals surface area contributed by atoms with E-state index in [-0.39, 0.29) is 0 Å². The van der Waals surface area contributed by atoms with Gasteiger partial charge in [-0.05, 0) is 35.6 Å². The first-order valence-electron chi connectivity index (χ1n) is 6.79. The van der Waals surface area contributed by atoms with Crippen LogP contribution in [0, 0.1) is 0 Å². The highest BCUT2D eigenvalue weighted by molar-refractivity contribution is 5.63. The van der Waals surface area contributed by atoms with E-state index in [9.17, 15) is 0 Å². The Kier molecular flexibility index (Phi) is 3.42. The third-order valence-electron chi connectivity index (χ3n) is 3.73. The van der Waals surface area contributed by atoms with Gasteiger partial charge in [0.2, 0.25) is 0 Å². The van der Waals surface area contributed by atoms with Crippen LogP contribution in [0.15, 0.2) is 54.6 Å². The molecule has 1 nitrogen and oxygen atoms in total. The normalized spacial score (nSPS) is 15.3. The molecule has 1 N–H and O–H groups in total. The second-order valence-corrected chi connectivity index (χ2v) is 5.08. The molecule has 0 spiro atoms. The maximum Gasteiger partial charge on any atom is 0.0208 e. The van der Waals surface area contributed by atoms with Gasteiger partial charge < -0.3 is 5.32 Å². The Morgan fingerprint density at radius 3 is 2.39 bits per heavy atom. The Labute approximate surface area is 109 Å². The van der Waals surface area contributed by atoms with Crippen LogP contribution in [0.1, 0.15) is 24.8 Å². The van der Waals surface area contributed by atoms with E-state index < -0.39 is 0 Å². The van der Waals surface area contributed by atoms with Gasteiger partial charge in [-0.2, -0.15) is 0 Å². The Hall–Kier alpha value is -1.60. The molecule has 18 heavy (non-hydrogen) atoms. The first-order valence-corrected chi connectivity index (χ1v) is 6.79. The highest BCUT2D eigenvalue weighted by Crippen LogP contribution is 2.21. The van der Waals surface area contributed by atoms with Crippen LogP contribution in [0.4, 0.5) is 0 Å². The zero-order chi connectivity index (χ0) is 12.2. The predicted octanol–water partition coefficient (Wildman–Crippen LogP) is 4.00. The van der Waals surface area contributed by atoms with Crippen LogP contribution < -0.4 is 5.32 Å². The summed E-state index contributed by atoms with van der Waals surface area (Å²) in [7, 11) is 0. The molecule has 2 aromatic rings. The third-order valence-corrected chi connectivity index (χ3v) is 3.73. The lowest BCUT2D eigenvalue weighted by Gasteiger charge is -2.26. The molecule has 0 heterocycles. The maximum absolute atomic E-state index is 3.61. The van der Waals surface area contributed by atoms with Gasteiger partial charge in [-0.15, -0.1) is 0 Å². The van der Waals surface area contributed by atoms with Gasteiger partial charge in [-0.3, -0.25) is 0 Å². The zero-order valence-corrected chi connectivity index (χ0v) is 10.6. The van der Waals surface area contributed by atoms with Crippen molar-refractivity contribution in [1.29, 1.82) is 0 Å². The highest BCUT2D eigenvalue weighted by atomic mass is 14.9. The summed E-state index contributed by atoms with van der Waals surface area (Å²) in [5.41, 5.74) is 3.98. The topological polar surface area (TPSA) is 12.0 Å². The van der Waals surface area contributed by atoms with Crippen LogP contribution in [0.25, 0.3) is 11.1 Å².